The van der Waals surface area contributed by atoms with Crippen LogP contribution in [0.4, 0.5) is 5.69 Å². The van der Waals surface area contributed by atoms with E-state index in [1.54, 1.807) is 0 Å². The molecule has 2 aromatic carbocycles. The van der Waals surface area contributed by atoms with E-state index in [4.69, 9.17) is 4.42 Å². The Balaban J connectivity index is 2.22. The number of para-hydroxylation sites is 1. The number of carboxylic acid groups (broad SMARTS) is 1. The summed E-state index contributed by atoms with van der Waals surface area (Å²) in [5, 5.41) is 20.0. The van der Waals surface area contributed by atoms with Gasteiger partial charge in [0.1, 0.15) is 11.3 Å². The molecule has 7 nitrogen and oxygen atoms in total. The molecule has 23 heavy (non-hydrogen) atoms. The lowest BCUT2D eigenvalue weighted by molar-refractivity contribution is -0.384. The van der Waals surface area contributed by atoms with Gasteiger partial charge in [0.2, 0.25) is 0 Å². The molecule has 0 aliphatic carbocycles. The maximum Gasteiger partial charge on any atom is 0.339 e. The number of hydrogen-bond acceptors (Lipinski definition) is 5. The van der Waals surface area contributed by atoms with Crippen LogP contribution >= 0.6 is 0 Å². The molecule has 3 rings (SSSR count). The predicted octanol–water partition coefficient (Wildman–Crippen LogP) is 3.07. The fourth-order valence-electron chi connectivity index (χ4n) is 2.24. The lowest BCUT2D eigenvalue weighted by Crippen LogP contribution is -2.05. The molecule has 3 aromatic rings. The quantitative estimate of drug-likeness (QED) is 0.588. The summed E-state index contributed by atoms with van der Waals surface area (Å²) in [4.78, 5) is 33.5. The van der Waals surface area contributed by atoms with Gasteiger partial charge in [-0.2, -0.15) is 0 Å². The number of nitro benzene ring substituents is 1. The molecule has 0 saturated heterocycles. The van der Waals surface area contributed by atoms with Crippen LogP contribution in [0.3, 0.4) is 0 Å². The largest absolute Gasteiger partial charge is 0.478 e. The van der Waals surface area contributed by atoms with E-state index in [9.17, 15) is 24.8 Å². The van der Waals surface area contributed by atoms with E-state index < -0.39 is 10.9 Å². The van der Waals surface area contributed by atoms with Crippen molar-refractivity contribution in [1.29, 1.82) is 0 Å². The van der Waals surface area contributed by atoms with Gasteiger partial charge >= 0.3 is 5.97 Å². The van der Waals surface area contributed by atoms with Gasteiger partial charge < -0.3 is 9.52 Å². The first kappa shape index (κ1) is 14.5. The van der Waals surface area contributed by atoms with Gasteiger partial charge in [-0.15, -0.1) is 0 Å². The summed E-state index contributed by atoms with van der Waals surface area (Å²) >= 11 is 0. The Bertz CT molecular complexity index is 988. The maximum absolute atomic E-state index is 12.2. The standard InChI is InChI=1S/C16H9NO6/c18-13-8-14(9-4-6-10(7-5-9)17(21)22)23-15-11(13)2-1-3-12(15)16(19)20/h1-8H,(H,19,20). The Morgan fingerprint density at radius 3 is 2.43 bits per heavy atom. The molecule has 0 aliphatic rings. The number of aromatic carboxylic acids is 1. The van der Waals surface area contributed by atoms with Gasteiger partial charge in [0, 0.05) is 23.8 Å². The van der Waals surface area contributed by atoms with Crippen molar-refractivity contribution in [1.82, 2.24) is 0 Å². The summed E-state index contributed by atoms with van der Waals surface area (Å²) in [5.74, 6) is -1.06. The van der Waals surface area contributed by atoms with Crippen molar-refractivity contribution < 1.29 is 19.2 Å². The van der Waals surface area contributed by atoms with Crippen LogP contribution in [0.5, 0.6) is 0 Å². The van der Waals surface area contributed by atoms with Gasteiger partial charge in [-0.05, 0) is 24.3 Å². The number of nitrogens with zero attached hydrogens (tertiary/aromatic N) is 1. The number of non-ortho nitro benzene ring substituents is 1. The third-order valence-corrected chi connectivity index (χ3v) is 3.35. The monoisotopic (exact) mass is 311 g/mol. The van der Waals surface area contributed by atoms with Crippen LogP contribution in [-0.2, 0) is 0 Å². The Kier molecular flexibility index (Phi) is 3.38. The molecule has 0 aliphatic heterocycles. The molecule has 0 atom stereocenters. The number of carboxylic acids is 1. The zero-order valence-corrected chi connectivity index (χ0v) is 11.6. The van der Waals surface area contributed by atoms with Crippen LogP contribution < -0.4 is 5.43 Å². The summed E-state index contributed by atoms with van der Waals surface area (Å²) in [7, 11) is 0. The second kappa shape index (κ2) is 5.38. The smallest absolute Gasteiger partial charge is 0.339 e. The first-order valence-corrected chi connectivity index (χ1v) is 6.52. The van der Waals surface area contributed by atoms with Crippen LogP contribution in [0.25, 0.3) is 22.3 Å². The third kappa shape index (κ3) is 2.55. The molecular formula is C16H9NO6. The first-order chi connectivity index (χ1) is 11.0. The predicted molar refractivity (Wildman–Crippen MR) is 81.5 cm³/mol. The van der Waals surface area contributed by atoms with Crippen LogP contribution in [0.1, 0.15) is 10.4 Å². The van der Waals surface area contributed by atoms with E-state index in [2.05, 4.69) is 0 Å². The van der Waals surface area contributed by atoms with Gasteiger partial charge in [-0.1, -0.05) is 6.07 Å². The Hall–Kier alpha value is -3.48. The lowest BCUT2D eigenvalue weighted by Gasteiger charge is -2.05. The van der Waals surface area contributed by atoms with Crippen LogP contribution in [0.2, 0.25) is 0 Å². The highest BCUT2D eigenvalue weighted by Gasteiger charge is 2.15. The van der Waals surface area contributed by atoms with E-state index in [0.29, 0.717) is 5.56 Å². The van der Waals surface area contributed by atoms with E-state index >= 15 is 0 Å². The lowest BCUT2D eigenvalue weighted by atomic mass is 10.1. The highest BCUT2D eigenvalue weighted by Crippen LogP contribution is 2.26. The summed E-state index contributed by atoms with van der Waals surface area (Å²) in [6.07, 6.45) is 0. The molecule has 0 amide bonds. The number of benzene rings is 2. The van der Waals surface area contributed by atoms with Gasteiger partial charge in [-0.25, -0.2) is 4.79 Å². The Labute approximate surface area is 128 Å². The number of nitro groups is 1. The van der Waals surface area contributed by atoms with Crippen molar-refractivity contribution in [2.24, 2.45) is 0 Å². The molecule has 1 heterocycles. The van der Waals surface area contributed by atoms with Gasteiger partial charge in [0.25, 0.3) is 5.69 Å². The molecule has 0 bridgehead atoms. The minimum Gasteiger partial charge on any atom is -0.478 e. The van der Waals surface area contributed by atoms with E-state index in [-0.39, 0.29) is 33.4 Å². The fraction of sp³-hybridized carbons (Fsp3) is 0. The summed E-state index contributed by atoms with van der Waals surface area (Å²) in [6.45, 7) is 0. The molecule has 0 fully saturated rings. The molecule has 114 valence electrons. The normalized spacial score (nSPS) is 10.6. The zero-order chi connectivity index (χ0) is 16.6. The molecular weight excluding hydrogens is 302 g/mol. The minimum atomic E-state index is -1.21. The average molecular weight is 311 g/mol. The van der Waals surface area contributed by atoms with Crippen molar-refractivity contribution in [3.05, 3.63) is 74.4 Å². The molecule has 0 unspecified atom stereocenters. The number of carbonyl (C=O) groups is 1. The van der Waals surface area contributed by atoms with Crippen LogP contribution in [0, 0.1) is 10.1 Å². The second-order valence-electron chi connectivity index (χ2n) is 4.77. The minimum absolute atomic E-state index is 0.0270. The Morgan fingerprint density at radius 2 is 1.83 bits per heavy atom. The summed E-state index contributed by atoms with van der Waals surface area (Å²) in [6, 6.07) is 11.0. The topological polar surface area (TPSA) is 111 Å². The fourth-order valence-corrected chi connectivity index (χ4v) is 2.24. The van der Waals surface area contributed by atoms with Gasteiger partial charge in [0.05, 0.1) is 10.3 Å². The van der Waals surface area contributed by atoms with Crippen molar-refractivity contribution in [3.8, 4) is 11.3 Å². The van der Waals surface area contributed by atoms with Crippen molar-refractivity contribution in [2.45, 2.75) is 0 Å². The molecule has 0 radical (unpaired) electrons. The van der Waals surface area contributed by atoms with E-state index in [0.717, 1.165) is 0 Å². The molecule has 7 heteroatoms. The molecule has 1 N–H and O–H groups in total. The Morgan fingerprint density at radius 1 is 1.13 bits per heavy atom. The van der Waals surface area contributed by atoms with Crippen molar-refractivity contribution in [3.63, 3.8) is 0 Å². The highest BCUT2D eigenvalue weighted by atomic mass is 16.6. The summed E-state index contributed by atoms with van der Waals surface area (Å²) in [5.41, 5.74) is -0.190. The first-order valence-electron chi connectivity index (χ1n) is 6.52. The molecule has 1 aromatic heterocycles. The summed E-state index contributed by atoms with van der Waals surface area (Å²) < 4.78 is 5.57. The van der Waals surface area contributed by atoms with Gasteiger partial charge in [0.15, 0.2) is 11.0 Å². The maximum atomic E-state index is 12.2. The average Bonchev–Trinajstić information content (AvgIpc) is 2.54. The SMILES string of the molecule is O=C(O)c1cccc2c(=O)cc(-c3ccc([N+](=O)[O-])cc3)oc12. The zero-order valence-electron chi connectivity index (χ0n) is 11.6. The van der Waals surface area contributed by atoms with Crippen LogP contribution in [0.15, 0.2) is 57.7 Å². The highest BCUT2D eigenvalue weighted by molar-refractivity contribution is 6.01. The van der Waals surface area contributed by atoms with Crippen molar-refractivity contribution in [2.75, 3.05) is 0 Å². The number of hydrogen-bond donors (Lipinski definition) is 1. The van der Waals surface area contributed by atoms with Crippen LogP contribution in [-0.4, -0.2) is 16.0 Å². The molecule has 0 spiro atoms. The third-order valence-electron chi connectivity index (χ3n) is 3.35. The molecule has 0 saturated carbocycles. The van der Waals surface area contributed by atoms with E-state index in [1.807, 2.05) is 0 Å². The second-order valence-corrected chi connectivity index (χ2v) is 4.77. The van der Waals surface area contributed by atoms with Gasteiger partial charge in [-0.3, -0.25) is 14.9 Å². The van der Waals surface area contributed by atoms with E-state index in [1.165, 1.54) is 48.5 Å². The number of rotatable bonds is 3. The number of fused-ring (bicyclic) bond motifs is 1. The van der Waals surface area contributed by atoms with Crippen molar-refractivity contribution >= 4 is 22.6 Å².